The lowest BCUT2D eigenvalue weighted by Gasteiger charge is -2.20. The minimum atomic E-state index is -3.22. The van der Waals surface area contributed by atoms with Crippen LogP contribution >= 0.6 is 19.0 Å². The first-order valence-corrected chi connectivity index (χ1v) is 8.85. The molecule has 0 N–H and O–H groups in total. The van der Waals surface area contributed by atoms with Crippen LogP contribution < -0.4 is 15.1 Å². The Bertz CT molecular complexity index is 760. The molecule has 0 aliphatic carbocycles. The average Bonchev–Trinajstić information content (AvgIpc) is 2.56. The van der Waals surface area contributed by atoms with Gasteiger partial charge in [0.05, 0.1) is 10.6 Å². The lowest BCUT2D eigenvalue weighted by Crippen LogP contribution is -2.19. The molecule has 0 fully saturated rings. The fourth-order valence-electron chi connectivity index (χ4n) is 2.18. The highest BCUT2D eigenvalue weighted by molar-refractivity contribution is 7.74. The number of hydrogen-bond donors (Lipinski definition) is 0. The van der Waals surface area contributed by atoms with Crippen LogP contribution in [0.1, 0.15) is 0 Å². The first-order chi connectivity index (χ1) is 10.7. The maximum absolute atomic E-state index is 13.6. The van der Waals surface area contributed by atoms with Crippen molar-refractivity contribution in [1.82, 2.24) is 0 Å². The molecule has 110 valence electrons. The lowest BCUT2D eigenvalue weighted by atomic mass is 10.3. The summed E-state index contributed by atoms with van der Waals surface area (Å²) in [5.41, 5.74) is 0. The lowest BCUT2D eigenvalue weighted by molar-refractivity contribution is 0.503. The first-order valence-electron chi connectivity index (χ1n) is 6.85. The Hall–Kier alpha value is -2.02. The summed E-state index contributed by atoms with van der Waals surface area (Å²) in [4.78, 5) is 0. The van der Waals surface area contributed by atoms with Gasteiger partial charge in [-0.3, -0.25) is 4.57 Å². The molecule has 22 heavy (non-hydrogen) atoms. The van der Waals surface area contributed by atoms with E-state index in [4.69, 9.17) is 16.1 Å². The highest BCUT2D eigenvalue weighted by atomic mass is 35.5. The van der Waals surface area contributed by atoms with Crippen molar-refractivity contribution < 1.29 is 9.09 Å². The summed E-state index contributed by atoms with van der Waals surface area (Å²) < 4.78 is 19.6. The molecule has 0 amide bonds. The van der Waals surface area contributed by atoms with E-state index in [0.717, 1.165) is 0 Å². The van der Waals surface area contributed by atoms with Gasteiger partial charge in [-0.2, -0.15) is 0 Å². The van der Waals surface area contributed by atoms with Gasteiger partial charge in [0, 0.05) is 5.02 Å². The molecule has 3 aromatic rings. The van der Waals surface area contributed by atoms with E-state index in [9.17, 15) is 4.57 Å². The Balaban J connectivity index is 2.10. The number of rotatable bonds is 4. The van der Waals surface area contributed by atoms with E-state index in [1.807, 2.05) is 60.7 Å². The van der Waals surface area contributed by atoms with Crippen molar-refractivity contribution in [2.24, 2.45) is 0 Å². The fraction of sp³-hybridized carbons (Fsp3) is 0. The molecule has 0 aromatic heterocycles. The van der Waals surface area contributed by atoms with Gasteiger partial charge in [0.25, 0.3) is 0 Å². The molecule has 0 aliphatic rings. The molecule has 3 rings (SSSR count). The zero-order chi connectivity index (χ0) is 15.4. The van der Waals surface area contributed by atoms with E-state index in [0.29, 0.717) is 21.4 Å². The molecule has 0 radical (unpaired) electrons. The van der Waals surface area contributed by atoms with Gasteiger partial charge in [-0.05, 0) is 42.5 Å². The smallest absolute Gasteiger partial charge is 0.306 e. The molecule has 0 unspecified atom stereocenters. The summed E-state index contributed by atoms with van der Waals surface area (Å²) in [6.45, 7) is 0. The van der Waals surface area contributed by atoms with Crippen LogP contribution in [0.3, 0.4) is 0 Å². The van der Waals surface area contributed by atoms with Crippen LogP contribution in [-0.2, 0) is 4.57 Å². The third-order valence-corrected chi connectivity index (χ3v) is 5.88. The van der Waals surface area contributed by atoms with E-state index >= 15 is 0 Å². The molecule has 0 aliphatic heterocycles. The average molecular weight is 329 g/mol. The number of halogens is 1. The monoisotopic (exact) mass is 328 g/mol. The largest absolute Gasteiger partial charge is 0.437 e. The molecule has 0 bridgehead atoms. The van der Waals surface area contributed by atoms with Gasteiger partial charge >= 0.3 is 7.37 Å². The van der Waals surface area contributed by atoms with E-state index in [1.54, 1.807) is 24.3 Å². The zero-order valence-electron chi connectivity index (χ0n) is 11.7. The second kappa shape index (κ2) is 6.39. The third-order valence-electron chi connectivity index (χ3n) is 3.22. The summed E-state index contributed by atoms with van der Waals surface area (Å²) in [6.07, 6.45) is 0. The topological polar surface area (TPSA) is 26.3 Å². The van der Waals surface area contributed by atoms with Crippen LogP contribution in [-0.4, -0.2) is 0 Å². The molecule has 0 saturated heterocycles. The molecule has 3 aromatic carbocycles. The SMILES string of the molecule is O=P(Oc1cccc(Cl)c1)(c1ccccc1)c1ccccc1. The van der Waals surface area contributed by atoms with E-state index in [1.165, 1.54) is 0 Å². The second-order valence-electron chi connectivity index (χ2n) is 4.77. The van der Waals surface area contributed by atoms with Crippen LogP contribution in [0.2, 0.25) is 5.02 Å². The Morgan fingerprint density at radius 2 is 1.27 bits per heavy atom. The van der Waals surface area contributed by atoms with Gasteiger partial charge < -0.3 is 4.52 Å². The van der Waals surface area contributed by atoms with Crippen molar-refractivity contribution >= 4 is 29.6 Å². The maximum atomic E-state index is 13.6. The van der Waals surface area contributed by atoms with Crippen LogP contribution in [0.5, 0.6) is 5.75 Å². The normalized spacial score (nSPS) is 11.1. The predicted molar refractivity (Wildman–Crippen MR) is 91.8 cm³/mol. The molecule has 0 saturated carbocycles. The quantitative estimate of drug-likeness (QED) is 0.652. The summed E-state index contributed by atoms with van der Waals surface area (Å²) in [7, 11) is -3.22. The van der Waals surface area contributed by atoms with Gasteiger partial charge in [0.15, 0.2) is 0 Å². The van der Waals surface area contributed by atoms with E-state index < -0.39 is 7.37 Å². The van der Waals surface area contributed by atoms with Gasteiger partial charge in [0.1, 0.15) is 5.75 Å². The summed E-state index contributed by atoms with van der Waals surface area (Å²) >= 11 is 6.00. The third kappa shape index (κ3) is 3.09. The van der Waals surface area contributed by atoms with Crippen molar-refractivity contribution in [3.05, 3.63) is 90.0 Å². The second-order valence-corrected chi connectivity index (χ2v) is 7.53. The van der Waals surface area contributed by atoms with Crippen molar-refractivity contribution in [2.75, 3.05) is 0 Å². The Labute approximate surface area is 134 Å². The van der Waals surface area contributed by atoms with Crippen molar-refractivity contribution in [3.63, 3.8) is 0 Å². The number of benzene rings is 3. The summed E-state index contributed by atoms with van der Waals surface area (Å²) in [6, 6.07) is 25.4. The fourth-order valence-corrected chi connectivity index (χ4v) is 4.40. The van der Waals surface area contributed by atoms with Gasteiger partial charge in [-0.25, -0.2) is 0 Å². The molecule has 0 atom stereocenters. The summed E-state index contributed by atoms with van der Waals surface area (Å²) in [5.74, 6) is 0.489. The predicted octanol–water partition coefficient (Wildman–Crippen LogP) is 4.65. The maximum Gasteiger partial charge on any atom is 0.306 e. The molecule has 2 nitrogen and oxygen atoms in total. The molecular formula is C18H14ClO2P. The number of hydrogen-bond acceptors (Lipinski definition) is 2. The Kier molecular flexibility index (Phi) is 4.33. The molecule has 0 heterocycles. The minimum absolute atomic E-state index is 0.489. The van der Waals surface area contributed by atoms with Crippen molar-refractivity contribution in [3.8, 4) is 5.75 Å². The van der Waals surface area contributed by atoms with Crippen molar-refractivity contribution in [2.45, 2.75) is 0 Å². The van der Waals surface area contributed by atoms with Gasteiger partial charge in [-0.1, -0.05) is 54.1 Å². The van der Waals surface area contributed by atoms with Crippen LogP contribution in [0, 0.1) is 0 Å². The van der Waals surface area contributed by atoms with E-state index in [2.05, 4.69) is 0 Å². The first kappa shape index (κ1) is 14.9. The molecular weight excluding hydrogens is 315 g/mol. The van der Waals surface area contributed by atoms with Crippen LogP contribution in [0.25, 0.3) is 0 Å². The Morgan fingerprint density at radius 3 is 1.77 bits per heavy atom. The Morgan fingerprint density at radius 1 is 0.727 bits per heavy atom. The molecule has 4 heteroatoms. The standard InChI is InChI=1S/C18H14ClO2P/c19-15-8-7-9-16(14-15)21-22(20,17-10-3-1-4-11-17)18-12-5-2-6-13-18/h1-14H. The minimum Gasteiger partial charge on any atom is -0.437 e. The molecule has 0 spiro atoms. The van der Waals surface area contributed by atoms with Gasteiger partial charge in [0.2, 0.25) is 0 Å². The van der Waals surface area contributed by atoms with Crippen LogP contribution in [0.4, 0.5) is 0 Å². The van der Waals surface area contributed by atoms with Crippen molar-refractivity contribution in [1.29, 1.82) is 0 Å². The highest BCUT2D eigenvalue weighted by Gasteiger charge is 2.29. The zero-order valence-corrected chi connectivity index (χ0v) is 13.4. The highest BCUT2D eigenvalue weighted by Crippen LogP contribution is 2.45. The summed E-state index contributed by atoms with van der Waals surface area (Å²) in [5, 5.41) is 1.85. The van der Waals surface area contributed by atoms with Gasteiger partial charge in [-0.15, -0.1) is 0 Å². The van der Waals surface area contributed by atoms with E-state index in [-0.39, 0.29) is 0 Å². The van der Waals surface area contributed by atoms with Crippen LogP contribution in [0.15, 0.2) is 84.9 Å².